The summed E-state index contributed by atoms with van der Waals surface area (Å²) in [5, 5.41) is 0. The van der Waals surface area contributed by atoms with Crippen LogP contribution in [-0.2, 0) is 33.8 Å². The molecule has 2 saturated heterocycles. The summed E-state index contributed by atoms with van der Waals surface area (Å²) in [4.78, 5) is 73.9. The van der Waals surface area contributed by atoms with Crippen LogP contribution in [0.25, 0.3) is 0 Å². The molecule has 0 unspecified atom stereocenters. The Morgan fingerprint density at radius 3 is 2.00 bits per heavy atom. The summed E-state index contributed by atoms with van der Waals surface area (Å²) in [6, 6.07) is -0.644. The van der Waals surface area contributed by atoms with Gasteiger partial charge in [0.2, 0.25) is 11.7 Å². The van der Waals surface area contributed by atoms with Crippen molar-refractivity contribution in [3.63, 3.8) is 0 Å². The van der Waals surface area contributed by atoms with Gasteiger partial charge in [0.1, 0.15) is 5.78 Å². The Kier molecular flexibility index (Phi) is 14.7. The molecule has 312 valence electrons. The summed E-state index contributed by atoms with van der Waals surface area (Å²) < 4.78 is 27.4. The van der Waals surface area contributed by atoms with Crippen molar-refractivity contribution in [3.05, 3.63) is 0 Å². The molecule has 5 rings (SSSR count). The van der Waals surface area contributed by atoms with Crippen LogP contribution in [0.2, 0.25) is 0 Å². The van der Waals surface area contributed by atoms with Crippen molar-refractivity contribution in [1.82, 2.24) is 9.80 Å². The van der Waals surface area contributed by atoms with Gasteiger partial charge in [-0.1, -0.05) is 91.9 Å². The van der Waals surface area contributed by atoms with Crippen molar-refractivity contribution in [2.75, 3.05) is 31.9 Å². The number of hydrogen-bond donors (Lipinski definition) is 0. The van der Waals surface area contributed by atoms with E-state index in [9.17, 15) is 32.4 Å². The Hall–Kier alpha value is -1.94. The third-order valence-corrected chi connectivity index (χ3v) is 17.6. The minimum atomic E-state index is -3.56. The first-order chi connectivity index (χ1) is 25.9. The van der Waals surface area contributed by atoms with Gasteiger partial charge >= 0.3 is 0 Å². The molecule has 0 spiro atoms. The summed E-state index contributed by atoms with van der Waals surface area (Å²) in [6.07, 6.45) is 14.4. The number of Topliss-reactive ketones (excluding diaryl/α,β-unsaturated/α-hetero) is 4. The number of nitrogens with zero attached hydrogens (tertiary/aromatic N) is 2. The third-order valence-electron chi connectivity index (χ3n) is 14.8. The molecule has 5 atom stereocenters. The second-order valence-corrected chi connectivity index (χ2v) is 22.5. The van der Waals surface area contributed by atoms with Gasteiger partial charge in [0.15, 0.2) is 21.4 Å². The number of rotatable bonds is 15. The molecule has 9 nitrogen and oxygen atoms in total. The molecule has 2 aliphatic heterocycles. The van der Waals surface area contributed by atoms with E-state index in [2.05, 4.69) is 18.7 Å². The van der Waals surface area contributed by atoms with Crippen LogP contribution in [0.1, 0.15) is 170 Å². The van der Waals surface area contributed by atoms with Gasteiger partial charge in [-0.2, -0.15) is 0 Å². The highest BCUT2D eigenvalue weighted by Crippen LogP contribution is 2.65. The summed E-state index contributed by atoms with van der Waals surface area (Å²) in [7, 11) is -3.56. The molecule has 5 fully saturated rings. The topological polar surface area (TPSA) is 126 Å². The second-order valence-electron chi connectivity index (χ2n) is 19.9. The molecule has 0 bridgehead atoms. The molecule has 3 aliphatic carbocycles. The van der Waals surface area contributed by atoms with E-state index >= 15 is 0 Å². The Balaban J connectivity index is 1.35. The molecule has 0 aromatic heterocycles. The van der Waals surface area contributed by atoms with E-state index in [0.717, 1.165) is 90.1 Å². The Bertz CT molecular complexity index is 1500. The van der Waals surface area contributed by atoms with Crippen molar-refractivity contribution in [3.8, 4) is 0 Å². The fourth-order valence-electron chi connectivity index (χ4n) is 10.8. The number of carbonyl (C=O) groups is 5. The summed E-state index contributed by atoms with van der Waals surface area (Å²) in [5.41, 5.74) is -0.727. The van der Waals surface area contributed by atoms with E-state index in [1.165, 1.54) is 0 Å². The highest BCUT2D eigenvalue weighted by Gasteiger charge is 2.69. The van der Waals surface area contributed by atoms with Gasteiger partial charge in [0.05, 0.1) is 16.5 Å². The zero-order valence-electron chi connectivity index (χ0n) is 35.3. The minimum absolute atomic E-state index is 0.00576. The molecule has 55 heavy (non-hydrogen) atoms. The van der Waals surface area contributed by atoms with Crippen LogP contribution < -0.4 is 0 Å². The van der Waals surface area contributed by atoms with E-state index in [4.69, 9.17) is 0 Å². The van der Waals surface area contributed by atoms with Crippen LogP contribution in [0, 0.1) is 40.4 Å². The lowest BCUT2D eigenvalue weighted by molar-refractivity contribution is -0.146. The molecule has 3 saturated carbocycles. The Morgan fingerprint density at radius 1 is 0.818 bits per heavy atom. The van der Waals surface area contributed by atoms with E-state index in [0.29, 0.717) is 44.7 Å². The van der Waals surface area contributed by atoms with Gasteiger partial charge in [0, 0.05) is 50.6 Å². The first kappa shape index (κ1) is 44.2. The molecule has 0 aromatic rings. The average Bonchev–Trinajstić information content (AvgIpc) is 3.98. The molecule has 0 N–H and O–H groups in total. The molecule has 10 heteroatoms. The number of carbonyl (C=O) groups excluding carboxylic acids is 5. The number of sulfone groups is 1. The summed E-state index contributed by atoms with van der Waals surface area (Å²) in [6.45, 7) is 14.5. The lowest BCUT2D eigenvalue weighted by Gasteiger charge is -2.40. The van der Waals surface area contributed by atoms with Gasteiger partial charge in [-0.25, -0.2) is 8.42 Å². The third kappa shape index (κ3) is 10.8. The number of amides is 1. The number of hydrogen-bond acceptors (Lipinski definition) is 8. The van der Waals surface area contributed by atoms with Crippen LogP contribution in [0.3, 0.4) is 0 Å². The maximum atomic E-state index is 14.7. The molecule has 0 aromatic carbocycles. The van der Waals surface area contributed by atoms with Crippen molar-refractivity contribution >= 4 is 38.9 Å². The number of ketones is 4. The van der Waals surface area contributed by atoms with Crippen molar-refractivity contribution in [2.24, 2.45) is 40.4 Å². The number of fused-ring (bicyclic) bond motifs is 3. The van der Waals surface area contributed by atoms with E-state index < -0.39 is 43.7 Å². The van der Waals surface area contributed by atoms with Crippen molar-refractivity contribution in [1.29, 1.82) is 0 Å². The van der Waals surface area contributed by atoms with Crippen molar-refractivity contribution in [2.45, 2.75) is 181 Å². The second kappa shape index (κ2) is 18.3. The van der Waals surface area contributed by atoms with Gasteiger partial charge < -0.3 is 9.80 Å². The predicted octanol–water partition coefficient (Wildman–Crippen LogP) is 7.96. The molecular formula is C45H74N2O7S. The fourth-order valence-corrected chi connectivity index (χ4v) is 12.8. The van der Waals surface area contributed by atoms with Crippen LogP contribution in [0.5, 0.6) is 0 Å². The van der Waals surface area contributed by atoms with E-state index in [1.54, 1.807) is 4.90 Å². The van der Waals surface area contributed by atoms with Crippen LogP contribution in [0.4, 0.5) is 0 Å². The van der Waals surface area contributed by atoms with Crippen molar-refractivity contribution < 1.29 is 32.4 Å². The SMILES string of the molecule is CCN(CC)CC(C)(C)S(=O)(=O)CC1(CC(=O)C[C@H]2CCCCCCCCC[C@@H](C(=O)C(=O)CC3CC3)CC(=O)[C@@H]3[C@@H]4[C@H](CN3C2=O)C4(C)C)CCCCC1. The van der Waals surface area contributed by atoms with Crippen LogP contribution >= 0.6 is 0 Å². The Morgan fingerprint density at radius 2 is 1.40 bits per heavy atom. The standard InChI is InChI=1S/C45H74N2O7S/c1-7-46(8-2)30-43(3,4)55(53,54)31-45(23-17-14-18-24-45)28-35(48)26-34-20-16-13-11-9-10-12-15-19-33(41(51)38(50)25-32-21-22-32)27-37(49)40-39-36(44(39,5)6)29-47(40)42(34)52/h32-34,36,39-40H,7-31H2,1-6H3/t33-,34-,36+,39+,40-/m1/s1. The average molecular weight is 787 g/mol. The van der Waals surface area contributed by atoms with E-state index in [1.807, 2.05) is 27.7 Å². The molecule has 0 radical (unpaired) electrons. The normalized spacial score (nSPS) is 29.4. The summed E-state index contributed by atoms with van der Waals surface area (Å²) >= 11 is 0. The lowest BCUT2D eigenvalue weighted by Crippen LogP contribution is -2.49. The molecular weight excluding hydrogens is 713 g/mol. The minimum Gasteiger partial charge on any atom is -0.332 e. The maximum Gasteiger partial charge on any atom is 0.226 e. The zero-order chi connectivity index (χ0) is 40.2. The van der Waals surface area contributed by atoms with Gasteiger partial charge in [0.25, 0.3) is 0 Å². The van der Waals surface area contributed by atoms with Gasteiger partial charge in [-0.05, 0) is 94.0 Å². The molecule has 2 heterocycles. The van der Waals surface area contributed by atoms with Gasteiger partial charge in [-0.15, -0.1) is 0 Å². The van der Waals surface area contributed by atoms with E-state index in [-0.39, 0.29) is 71.9 Å². The predicted molar refractivity (Wildman–Crippen MR) is 217 cm³/mol. The molecule has 1 amide bonds. The highest BCUT2D eigenvalue weighted by molar-refractivity contribution is 7.92. The first-order valence-electron chi connectivity index (χ1n) is 22.3. The fraction of sp³-hybridized carbons (Fsp3) is 0.889. The monoisotopic (exact) mass is 787 g/mol. The van der Waals surface area contributed by atoms with Crippen LogP contribution in [0.15, 0.2) is 0 Å². The smallest absolute Gasteiger partial charge is 0.226 e. The molecule has 5 aliphatic rings. The van der Waals surface area contributed by atoms with Crippen LogP contribution in [-0.4, -0.2) is 90.0 Å². The number of piperidine rings is 1. The first-order valence-corrected chi connectivity index (χ1v) is 24.0. The van der Waals surface area contributed by atoms with Gasteiger partial charge in [-0.3, -0.25) is 24.0 Å². The lowest BCUT2D eigenvalue weighted by atomic mass is 9.71. The quantitative estimate of drug-likeness (QED) is 0.153. The largest absolute Gasteiger partial charge is 0.332 e. The maximum absolute atomic E-state index is 14.7. The Labute approximate surface area is 333 Å². The summed E-state index contributed by atoms with van der Waals surface area (Å²) in [5.74, 6) is -1.75. The zero-order valence-corrected chi connectivity index (χ0v) is 36.1. The highest BCUT2D eigenvalue weighted by atomic mass is 32.2.